The topological polar surface area (TPSA) is 78.4 Å². The third-order valence-corrected chi connectivity index (χ3v) is 2.81. The predicted octanol–water partition coefficient (Wildman–Crippen LogP) is 1.57. The summed E-state index contributed by atoms with van der Waals surface area (Å²) in [6, 6.07) is 5.21. The maximum absolute atomic E-state index is 11.2. The molecular weight excluding hydrogens is 232 g/mol. The first-order chi connectivity index (χ1) is 8.60. The molecule has 5 nitrogen and oxygen atoms in total. The number of carbonyl (C=O) groups excluding carboxylic acids is 1. The highest BCUT2D eigenvalue weighted by molar-refractivity contribution is 5.75. The number of methoxy groups -OCH3 is 1. The molecule has 5 heteroatoms. The van der Waals surface area contributed by atoms with E-state index in [9.17, 15) is 4.79 Å². The number of nitrogens with two attached hydrogens (primary N) is 1. The number of aryl methyl sites for hydroxylation is 2. The number of rotatable bonds is 4. The molecule has 0 saturated carbocycles. The summed E-state index contributed by atoms with van der Waals surface area (Å²) in [6.07, 6.45) is 1.26. The van der Waals surface area contributed by atoms with Crippen molar-refractivity contribution in [2.75, 3.05) is 7.11 Å². The van der Waals surface area contributed by atoms with Crippen molar-refractivity contribution in [3.63, 3.8) is 0 Å². The number of esters is 1. The van der Waals surface area contributed by atoms with E-state index in [2.05, 4.69) is 9.72 Å². The highest BCUT2D eigenvalue weighted by Crippen LogP contribution is 2.17. The molecule has 0 fully saturated rings. The van der Waals surface area contributed by atoms with Crippen molar-refractivity contribution < 1.29 is 13.9 Å². The number of benzene rings is 1. The Morgan fingerprint density at radius 2 is 2.33 bits per heavy atom. The highest BCUT2D eigenvalue weighted by atomic mass is 16.5. The molecule has 0 amide bonds. The van der Waals surface area contributed by atoms with Crippen LogP contribution in [0, 0.1) is 6.92 Å². The Morgan fingerprint density at radius 3 is 3.06 bits per heavy atom. The molecule has 18 heavy (non-hydrogen) atoms. The van der Waals surface area contributed by atoms with Crippen LogP contribution in [0.3, 0.4) is 0 Å². The van der Waals surface area contributed by atoms with Gasteiger partial charge in [0.1, 0.15) is 11.6 Å². The van der Waals surface area contributed by atoms with Crippen LogP contribution in [0.1, 0.15) is 17.9 Å². The highest BCUT2D eigenvalue weighted by Gasteiger charge is 2.13. The lowest BCUT2D eigenvalue weighted by molar-refractivity contribution is -0.142. The van der Waals surface area contributed by atoms with Crippen LogP contribution in [0.25, 0.3) is 11.1 Å². The number of carbonyl (C=O) groups is 1. The van der Waals surface area contributed by atoms with Crippen LogP contribution in [0.4, 0.5) is 0 Å². The molecule has 1 unspecified atom stereocenters. The maximum atomic E-state index is 11.2. The minimum Gasteiger partial charge on any atom is -0.468 e. The summed E-state index contributed by atoms with van der Waals surface area (Å²) in [4.78, 5) is 15.4. The zero-order chi connectivity index (χ0) is 13.1. The molecule has 2 aromatic rings. The standard InChI is InChI=1S/C13H16N2O3/c1-8-15-11-7-9(4-6-12(11)18-8)3-5-10(14)13(16)17-2/h4,6-7,10H,3,5,14H2,1-2H3. The van der Waals surface area contributed by atoms with Gasteiger partial charge in [-0.25, -0.2) is 4.98 Å². The zero-order valence-electron chi connectivity index (χ0n) is 10.5. The van der Waals surface area contributed by atoms with Gasteiger partial charge in [0.15, 0.2) is 11.5 Å². The van der Waals surface area contributed by atoms with Crippen molar-refractivity contribution in [3.8, 4) is 0 Å². The predicted molar refractivity (Wildman–Crippen MR) is 67.1 cm³/mol. The normalized spacial score (nSPS) is 12.6. The van der Waals surface area contributed by atoms with Crippen LogP contribution in [-0.4, -0.2) is 24.1 Å². The van der Waals surface area contributed by atoms with E-state index in [0.717, 1.165) is 16.7 Å². The molecule has 0 saturated heterocycles. The van der Waals surface area contributed by atoms with Crippen LogP contribution in [-0.2, 0) is 16.0 Å². The van der Waals surface area contributed by atoms with E-state index in [1.165, 1.54) is 7.11 Å². The lowest BCUT2D eigenvalue weighted by Gasteiger charge is -2.08. The van der Waals surface area contributed by atoms with Crippen molar-refractivity contribution >= 4 is 17.1 Å². The van der Waals surface area contributed by atoms with Crippen molar-refractivity contribution in [2.24, 2.45) is 5.73 Å². The molecule has 0 spiro atoms. The van der Waals surface area contributed by atoms with Crippen LogP contribution >= 0.6 is 0 Å². The number of hydrogen-bond donors (Lipinski definition) is 1. The smallest absolute Gasteiger partial charge is 0.322 e. The Labute approximate surface area is 105 Å². The summed E-state index contributed by atoms with van der Waals surface area (Å²) in [5.74, 6) is 0.266. The molecule has 0 bridgehead atoms. The molecule has 0 aliphatic heterocycles. The number of nitrogens with zero attached hydrogens (tertiary/aromatic N) is 1. The first-order valence-electron chi connectivity index (χ1n) is 5.79. The molecular formula is C13H16N2O3. The van der Waals surface area contributed by atoms with Gasteiger partial charge in [-0.2, -0.15) is 0 Å². The molecule has 96 valence electrons. The number of hydrogen-bond acceptors (Lipinski definition) is 5. The van der Waals surface area contributed by atoms with Crippen molar-refractivity contribution in [3.05, 3.63) is 29.7 Å². The van der Waals surface area contributed by atoms with Crippen LogP contribution in [0.15, 0.2) is 22.6 Å². The van der Waals surface area contributed by atoms with E-state index in [1.807, 2.05) is 25.1 Å². The monoisotopic (exact) mass is 248 g/mol. The molecule has 2 rings (SSSR count). The Kier molecular flexibility index (Phi) is 3.62. The van der Waals surface area contributed by atoms with Crippen molar-refractivity contribution in [1.29, 1.82) is 0 Å². The Bertz CT molecular complexity index is 562. The van der Waals surface area contributed by atoms with Gasteiger partial charge in [0.25, 0.3) is 0 Å². The van der Waals surface area contributed by atoms with E-state index >= 15 is 0 Å². The van der Waals surface area contributed by atoms with Gasteiger partial charge in [-0.1, -0.05) is 6.07 Å². The molecule has 2 N–H and O–H groups in total. The van der Waals surface area contributed by atoms with Crippen molar-refractivity contribution in [2.45, 2.75) is 25.8 Å². The first-order valence-corrected chi connectivity index (χ1v) is 5.79. The molecule has 1 heterocycles. The fourth-order valence-electron chi connectivity index (χ4n) is 1.84. The Morgan fingerprint density at radius 1 is 1.56 bits per heavy atom. The lowest BCUT2D eigenvalue weighted by atomic mass is 10.1. The number of ether oxygens (including phenoxy) is 1. The summed E-state index contributed by atoms with van der Waals surface area (Å²) in [6.45, 7) is 1.81. The average Bonchev–Trinajstić information content (AvgIpc) is 2.74. The summed E-state index contributed by atoms with van der Waals surface area (Å²) in [5, 5.41) is 0. The number of fused-ring (bicyclic) bond motifs is 1. The maximum Gasteiger partial charge on any atom is 0.322 e. The quantitative estimate of drug-likeness (QED) is 0.831. The molecule has 1 aromatic heterocycles. The van der Waals surface area contributed by atoms with E-state index < -0.39 is 6.04 Å². The summed E-state index contributed by atoms with van der Waals surface area (Å²) in [7, 11) is 1.34. The van der Waals surface area contributed by atoms with Gasteiger partial charge in [0.05, 0.1) is 7.11 Å². The Balaban J connectivity index is 2.05. The van der Waals surface area contributed by atoms with Crippen LogP contribution in [0.2, 0.25) is 0 Å². The minimum atomic E-state index is -0.579. The van der Waals surface area contributed by atoms with Crippen molar-refractivity contribution in [1.82, 2.24) is 4.98 Å². The molecule has 1 atom stereocenters. The Hall–Kier alpha value is -1.88. The SMILES string of the molecule is COC(=O)C(N)CCc1ccc2oc(C)nc2c1. The third kappa shape index (κ3) is 2.68. The average molecular weight is 248 g/mol. The van der Waals surface area contributed by atoms with Gasteiger partial charge < -0.3 is 14.9 Å². The fraction of sp³-hybridized carbons (Fsp3) is 0.385. The fourth-order valence-corrected chi connectivity index (χ4v) is 1.84. The van der Waals surface area contributed by atoms with E-state index in [-0.39, 0.29) is 5.97 Å². The minimum absolute atomic E-state index is 0.381. The van der Waals surface area contributed by atoms with Gasteiger partial charge in [0, 0.05) is 6.92 Å². The van der Waals surface area contributed by atoms with Gasteiger partial charge >= 0.3 is 5.97 Å². The van der Waals surface area contributed by atoms with Gasteiger partial charge in [-0.15, -0.1) is 0 Å². The second kappa shape index (κ2) is 5.18. The number of aromatic nitrogens is 1. The van der Waals surface area contributed by atoms with Crippen LogP contribution < -0.4 is 5.73 Å². The molecule has 0 radical (unpaired) electrons. The molecule has 0 aliphatic rings. The largest absolute Gasteiger partial charge is 0.468 e. The summed E-state index contributed by atoms with van der Waals surface area (Å²) < 4.78 is 9.98. The van der Waals surface area contributed by atoms with E-state index in [1.54, 1.807) is 0 Å². The second-order valence-electron chi connectivity index (χ2n) is 4.20. The molecule has 0 aliphatic carbocycles. The molecule has 1 aromatic carbocycles. The van der Waals surface area contributed by atoms with Gasteiger partial charge in [-0.05, 0) is 30.5 Å². The van der Waals surface area contributed by atoms with Gasteiger partial charge in [0.2, 0.25) is 0 Å². The zero-order valence-corrected chi connectivity index (χ0v) is 10.5. The van der Waals surface area contributed by atoms with E-state index in [0.29, 0.717) is 18.7 Å². The van der Waals surface area contributed by atoms with E-state index in [4.69, 9.17) is 10.2 Å². The first kappa shape index (κ1) is 12.6. The number of oxazole rings is 1. The second-order valence-corrected chi connectivity index (χ2v) is 4.20. The third-order valence-electron chi connectivity index (χ3n) is 2.81. The van der Waals surface area contributed by atoms with Crippen LogP contribution in [0.5, 0.6) is 0 Å². The summed E-state index contributed by atoms with van der Waals surface area (Å²) in [5.41, 5.74) is 8.36. The lowest BCUT2D eigenvalue weighted by Crippen LogP contribution is -2.31. The van der Waals surface area contributed by atoms with Gasteiger partial charge in [-0.3, -0.25) is 4.79 Å². The summed E-state index contributed by atoms with van der Waals surface area (Å²) >= 11 is 0.